The Morgan fingerprint density at radius 2 is 1.83 bits per heavy atom. The number of carbonyl (C=O) groups is 3. The zero-order chi connectivity index (χ0) is 18.7. The Balaban J connectivity index is 2.93. The predicted molar refractivity (Wildman–Crippen MR) is 92.6 cm³/mol. The second-order valence-corrected chi connectivity index (χ2v) is 8.60. The van der Waals surface area contributed by atoms with Gasteiger partial charge in [-0.15, -0.1) is 0 Å². The van der Waals surface area contributed by atoms with Crippen LogP contribution in [0.5, 0.6) is 0 Å². The number of hydrogen-bond acceptors (Lipinski definition) is 7. The Bertz CT molecular complexity index is 501. The van der Waals surface area contributed by atoms with Crippen LogP contribution in [-0.4, -0.2) is 52.5 Å². The Morgan fingerprint density at radius 3 is 2.21 bits per heavy atom. The summed E-state index contributed by atoms with van der Waals surface area (Å²) in [6.07, 6.45) is 1.67. The number of carboxylic acid groups (broad SMARTS) is 1. The largest absolute Gasteiger partial charge is 0.481 e. The number of hydrogen-bond donors (Lipinski definition) is 3. The summed E-state index contributed by atoms with van der Waals surface area (Å²) in [6, 6.07) is -1.35. The van der Waals surface area contributed by atoms with Gasteiger partial charge in [0.2, 0.25) is 0 Å². The molecule has 5 N–H and O–H groups in total. The molecule has 0 bridgehead atoms. The Morgan fingerprint density at radius 1 is 1.29 bits per heavy atom. The molecule has 1 unspecified atom stereocenters. The molecule has 1 aliphatic rings. The lowest BCUT2D eigenvalue weighted by molar-refractivity contribution is -0.151. The van der Waals surface area contributed by atoms with Crippen LogP contribution >= 0.6 is 11.8 Å². The normalized spacial score (nSPS) is 19.9. The molecule has 0 aliphatic heterocycles. The van der Waals surface area contributed by atoms with Gasteiger partial charge >= 0.3 is 11.9 Å². The number of rotatable bonds is 9. The number of carbonyl (C=O) groups excluding carboxylic acids is 2. The molecule has 0 aromatic rings. The van der Waals surface area contributed by atoms with E-state index in [1.807, 2.05) is 0 Å². The number of ether oxygens (including phenoxy) is 1. The summed E-state index contributed by atoms with van der Waals surface area (Å²) in [7, 11) is 1.15. The van der Waals surface area contributed by atoms with Crippen molar-refractivity contribution in [3.05, 3.63) is 0 Å². The van der Waals surface area contributed by atoms with Crippen LogP contribution in [0.2, 0.25) is 0 Å². The molecule has 7 nitrogen and oxygen atoms in total. The Hall–Kier alpha value is -1.12. The van der Waals surface area contributed by atoms with Crippen molar-refractivity contribution in [1.82, 2.24) is 0 Å². The first-order valence-electron chi connectivity index (χ1n) is 7.94. The van der Waals surface area contributed by atoms with Gasteiger partial charge in [-0.1, -0.05) is 20.8 Å². The van der Waals surface area contributed by atoms with Crippen LogP contribution in [0.15, 0.2) is 0 Å². The zero-order valence-corrected chi connectivity index (χ0v) is 15.5. The highest BCUT2D eigenvalue weighted by Gasteiger charge is 2.48. The molecule has 0 amide bonds. The highest BCUT2D eigenvalue weighted by atomic mass is 32.2. The van der Waals surface area contributed by atoms with Gasteiger partial charge in [-0.05, 0) is 24.2 Å². The molecular weight excluding hydrogens is 332 g/mol. The molecule has 0 heterocycles. The molecule has 1 fully saturated rings. The van der Waals surface area contributed by atoms with E-state index in [4.69, 9.17) is 16.6 Å². The van der Waals surface area contributed by atoms with Crippen LogP contribution in [0.25, 0.3) is 0 Å². The molecule has 0 aromatic carbocycles. The Kier molecular flexibility index (Phi) is 6.84. The lowest BCUT2D eigenvalue weighted by atomic mass is 9.89. The van der Waals surface area contributed by atoms with Crippen molar-refractivity contribution in [2.45, 2.75) is 56.9 Å². The summed E-state index contributed by atoms with van der Waals surface area (Å²) in [6.45, 7) is 6.33. The molecule has 0 spiro atoms. The third kappa shape index (κ3) is 5.19. The number of carboxylic acids is 1. The Labute approximate surface area is 146 Å². The number of nitrogens with two attached hydrogens (primary N) is 2. The van der Waals surface area contributed by atoms with Crippen LogP contribution in [0.4, 0.5) is 0 Å². The maximum atomic E-state index is 12.5. The maximum absolute atomic E-state index is 12.5. The summed E-state index contributed by atoms with van der Waals surface area (Å²) in [5.74, 6) is -2.34. The fourth-order valence-corrected chi connectivity index (χ4v) is 4.48. The van der Waals surface area contributed by atoms with Crippen molar-refractivity contribution in [2.75, 3.05) is 12.9 Å². The minimum absolute atomic E-state index is 0.00487. The molecule has 1 saturated carbocycles. The minimum Gasteiger partial charge on any atom is -0.481 e. The average Bonchev–Trinajstić information content (AvgIpc) is 3.27. The van der Waals surface area contributed by atoms with Crippen LogP contribution in [-0.2, 0) is 19.1 Å². The highest BCUT2D eigenvalue weighted by molar-refractivity contribution is 8.00. The van der Waals surface area contributed by atoms with E-state index in [0.717, 1.165) is 20.0 Å². The average molecular weight is 360 g/mol. The van der Waals surface area contributed by atoms with Crippen molar-refractivity contribution < 1.29 is 24.2 Å². The fraction of sp³-hybridized carbons (Fsp3) is 0.812. The van der Waals surface area contributed by atoms with Crippen LogP contribution < -0.4 is 11.5 Å². The summed E-state index contributed by atoms with van der Waals surface area (Å²) in [5.41, 5.74) is 9.76. The first-order valence-corrected chi connectivity index (χ1v) is 8.99. The van der Waals surface area contributed by atoms with Gasteiger partial charge in [0.1, 0.15) is 0 Å². The fourth-order valence-electron chi connectivity index (χ4n) is 2.74. The lowest BCUT2D eigenvalue weighted by Crippen LogP contribution is -2.63. The van der Waals surface area contributed by atoms with Gasteiger partial charge < -0.3 is 21.3 Å². The number of Topliss-reactive ketones (excluding diaryl/α,β-unsaturated/α-hetero) is 1. The minimum atomic E-state index is -1.94. The van der Waals surface area contributed by atoms with Crippen molar-refractivity contribution in [1.29, 1.82) is 0 Å². The topological polar surface area (TPSA) is 133 Å². The van der Waals surface area contributed by atoms with Gasteiger partial charge in [0, 0.05) is 11.0 Å². The van der Waals surface area contributed by atoms with Crippen molar-refractivity contribution in [3.63, 3.8) is 0 Å². The van der Waals surface area contributed by atoms with Gasteiger partial charge in [-0.3, -0.25) is 9.59 Å². The van der Waals surface area contributed by atoms with Gasteiger partial charge in [-0.25, -0.2) is 4.79 Å². The summed E-state index contributed by atoms with van der Waals surface area (Å²) in [4.78, 5) is 35.4. The van der Waals surface area contributed by atoms with Crippen molar-refractivity contribution in [3.8, 4) is 0 Å². The van der Waals surface area contributed by atoms with E-state index < -0.39 is 35.7 Å². The molecule has 1 aliphatic carbocycles. The second-order valence-electron chi connectivity index (χ2n) is 7.47. The van der Waals surface area contributed by atoms with Crippen molar-refractivity contribution in [2.24, 2.45) is 22.8 Å². The molecule has 3 atom stereocenters. The second kappa shape index (κ2) is 7.84. The van der Waals surface area contributed by atoms with E-state index in [1.54, 1.807) is 0 Å². The summed E-state index contributed by atoms with van der Waals surface area (Å²) < 4.78 is 4.68. The molecule has 8 heteroatoms. The molecule has 0 saturated heterocycles. The smallest absolute Gasteiger partial charge is 0.334 e. The van der Waals surface area contributed by atoms with Gasteiger partial charge in [0.05, 0.1) is 19.6 Å². The number of esters is 1. The first-order chi connectivity index (χ1) is 10.9. The van der Waals surface area contributed by atoms with E-state index in [9.17, 15) is 14.4 Å². The number of methoxy groups -OCH3 is 1. The van der Waals surface area contributed by atoms with E-state index in [0.29, 0.717) is 5.92 Å². The highest BCUT2D eigenvalue weighted by Crippen LogP contribution is 2.47. The quantitative estimate of drug-likeness (QED) is 0.406. The van der Waals surface area contributed by atoms with Gasteiger partial charge in [0.15, 0.2) is 11.3 Å². The molecule has 0 aromatic heterocycles. The predicted octanol–water partition coefficient (Wildman–Crippen LogP) is 0.786. The maximum Gasteiger partial charge on any atom is 0.334 e. The SMILES string of the molecule is COC(=O)[C@@](N)(CSC(C1CC1)C(C)(C)C)C(=O)[C@@H](N)CC(=O)O. The summed E-state index contributed by atoms with van der Waals surface area (Å²) >= 11 is 1.46. The van der Waals surface area contributed by atoms with Gasteiger partial charge in [-0.2, -0.15) is 11.8 Å². The van der Waals surface area contributed by atoms with E-state index in [1.165, 1.54) is 11.8 Å². The van der Waals surface area contributed by atoms with Gasteiger partial charge in [0.25, 0.3) is 0 Å². The third-order valence-corrected chi connectivity index (χ3v) is 6.19. The van der Waals surface area contributed by atoms with E-state index in [2.05, 4.69) is 25.5 Å². The standard InChI is InChI=1S/C16H28N2O5S/c1-15(2,3)13(9-5-6-9)24-8-16(18,14(22)23-4)12(21)10(17)7-11(19)20/h9-10,13H,5-8,17-18H2,1-4H3,(H,19,20)/t10-,13?,16+/m0/s1. The lowest BCUT2D eigenvalue weighted by Gasteiger charge is -2.34. The third-order valence-electron chi connectivity index (χ3n) is 4.11. The van der Waals surface area contributed by atoms with E-state index in [-0.39, 0.29) is 16.4 Å². The number of thioether (sulfide) groups is 1. The van der Waals surface area contributed by atoms with Crippen LogP contribution in [0.1, 0.15) is 40.0 Å². The molecule has 24 heavy (non-hydrogen) atoms. The molecule has 0 radical (unpaired) electrons. The summed E-state index contributed by atoms with van der Waals surface area (Å²) in [5, 5.41) is 9.05. The van der Waals surface area contributed by atoms with Crippen LogP contribution in [0.3, 0.4) is 0 Å². The molecular formula is C16H28N2O5S. The first kappa shape index (κ1) is 20.9. The van der Waals surface area contributed by atoms with Crippen LogP contribution in [0, 0.1) is 11.3 Å². The monoisotopic (exact) mass is 360 g/mol. The number of aliphatic carboxylic acids is 1. The van der Waals surface area contributed by atoms with Crippen molar-refractivity contribution >= 4 is 29.5 Å². The molecule has 138 valence electrons. The number of ketones is 1. The zero-order valence-electron chi connectivity index (χ0n) is 14.7. The molecule has 1 rings (SSSR count). The van der Waals surface area contributed by atoms with E-state index >= 15 is 0 Å².